The van der Waals surface area contributed by atoms with E-state index in [0.29, 0.717) is 0 Å². The second-order valence-electron chi connectivity index (χ2n) is 15.2. The number of carbonyl (C=O) groups excluding carboxylic acids is 2. The number of rotatable bonds is 10. The van der Waals surface area contributed by atoms with Crippen LogP contribution in [0.1, 0.15) is 65.1 Å². The molecule has 1 amide bonds. The summed E-state index contributed by atoms with van der Waals surface area (Å²) in [6.45, 7) is 22.6. The van der Waals surface area contributed by atoms with Crippen molar-refractivity contribution in [1.82, 2.24) is 19.1 Å². The van der Waals surface area contributed by atoms with Crippen molar-refractivity contribution in [3.63, 3.8) is 0 Å². The largest absolute Gasteiger partial charge is 0.414 e. The van der Waals surface area contributed by atoms with E-state index in [1.54, 1.807) is 34.9 Å². The van der Waals surface area contributed by atoms with Gasteiger partial charge in [0, 0.05) is 18.7 Å². The summed E-state index contributed by atoms with van der Waals surface area (Å²) in [6, 6.07) is 8.22. The Labute approximate surface area is 286 Å². The van der Waals surface area contributed by atoms with Crippen LogP contribution < -0.4 is 10.9 Å². The summed E-state index contributed by atoms with van der Waals surface area (Å²) in [5.74, 6) is -1.47. The van der Waals surface area contributed by atoms with E-state index in [4.69, 9.17) is 17.8 Å². The Balaban J connectivity index is 1.89. The fraction of sp³-hybridized carbons (Fsp3) is 0.594. The maximum Gasteiger partial charge on any atom is 0.290 e. The van der Waals surface area contributed by atoms with Gasteiger partial charge in [0.15, 0.2) is 45.1 Å². The summed E-state index contributed by atoms with van der Waals surface area (Å²) in [5.41, 5.74) is -0.583. The zero-order chi connectivity index (χ0) is 36.0. The Morgan fingerprint density at radius 1 is 1.00 bits per heavy atom. The van der Waals surface area contributed by atoms with Crippen LogP contribution in [0, 0.1) is 0 Å². The molecule has 0 saturated carbocycles. The Hall–Kier alpha value is -2.87. The summed E-state index contributed by atoms with van der Waals surface area (Å²) < 4.78 is 41.2. The number of nitrogens with zero attached hydrogens (tertiary/aromatic N) is 4. The number of fused-ring (bicyclic) bond motifs is 1. The van der Waals surface area contributed by atoms with Gasteiger partial charge in [-0.2, -0.15) is 4.98 Å². The van der Waals surface area contributed by atoms with Crippen molar-refractivity contribution in [2.45, 2.75) is 109 Å². The van der Waals surface area contributed by atoms with Crippen LogP contribution in [0.25, 0.3) is 11.2 Å². The molecule has 5 atom stereocenters. The zero-order valence-corrected chi connectivity index (χ0v) is 32.8. The average molecular weight is 720 g/mol. The van der Waals surface area contributed by atoms with Crippen molar-refractivity contribution in [3.05, 3.63) is 52.6 Å². The second kappa shape index (κ2) is 13.8. The lowest BCUT2D eigenvalue weighted by Crippen LogP contribution is -2.50. The van der Waals surface area contributed by atoms with Gasteiger partial charge in [0.2, 0.25) is 11.9 Å². The van der Waals surface area contributed by atoms with Gasteiger partial charge < -0.3 is 13.6 Å². The van der Waals surface area contributed by atoms with Gasteiger partial charge in [-0.25, -0.2) is 13.8 Å². The Bertz CT molecular complexity index is 1750. The summed E-state index contributed by atoms with van der Waals surface area (Å²) in [5, 5.41) is 2.25. The van der Waals surface area contributed by atoms with E-state index in [0.717, 1.165) is 4.57 Å². The highest BCUT2D eigenvalue weighted by atomic mass is 32.2. The molecule has 1 N–H and O–H groups in total. The van der Waals surface area contributed by atoms with Crippen LogP contribution in [-0.4, -0.2) is 82.9 Å². The topological polar surface area (TPSA) is 153 Å². The summed E-state index contributed by atoms with van der Waals surface area (Å²) >= 11 is -1.69. The molecule has 16 heteroatoms. The van der Waals surface area contributed by atoms with Crippen LogP contribution in [-0.2, 0) is 33.6 Å². The molecule has 0 spiro atoms. The second-order valence-corrected chi connectivity index (χ2v) is 25.8. The van der Waals surface area contributed by atoms with Crippen LogP contribution >= 0.6 is 0 Å². The summed E-state index contributed by atoms with van der Waals surface area (Å²) in [7, 11) is -4.76. The van der Waals surface area contributed by atoms with Crippen molar-refractivity contribution in [3.8, 4) is 0 Å². The van der Waals surface area contributed by atoms with E-state index in [-0.39, 0.29) is 39.4 Å². The molecule has 0 bridgehead atoms. The molecule has 1 fully saturated rings. The first kappa shape index (κ1) is 37.9. The smallest absolute Gasteiger partial charge is 0.290 e. The molecular weight excluding hydrogens is 671 g/mol. The molecule has 4 rings (SSSR count). The number of benzene rings is 1. The van der Waals surface area contributed by atoms with E-state index in [1.165, 1.54) is 19.5 Å². The Kier molecular flexibility index (Phi) is 10.9. The van der Waals surface area contributed by atoms with Crippen molar-refractivity contribution >= 4 is 56.6 Å². The minimum atomic E-state index is -2.52. The van der Waals surface area contributed by atoms with Crippen LogP contribution in [0.15, 0.2) is 41.5 Å². The molecule has 0 radical (unpaired) electrons. The maximum atomic E-state index is 13.9. The molecule has 0 aliphatic carbocycles. The predicted molar refractivity (Wildman–Crippen MR) is 190 cm³/mol. The van der Waals surface area contributed by atoms with Gasteiger partial charge in [-0.3, -0.25) is 28.5 Å². The highest BCUT2D eigenvalue weighted by Gasteiger charge is 2.53. The number of carbonyl (C=O) groups is 2. The van der Waals surface area contributed by atoms with Crippen LogP contribution in [0.5, 0.6) is 0 Å². The quantitative estimate of drug-likeness (QED) is 0.276. The molecule has 1 saturated heterocycles. The lowest BCUT2D eigenvalue weighted by molar-refractivity contribution is -0.114. The molecule has 1 unspecified atom stereocenters. The SMILES string of the molecule is CC(=O)Nc1nc2c(ncn2[C@@H]2O[C@H](CO[Si](C)(C)C(C)(C)C)[C@@H](OS(C)=O)[C@H]2O[Si](C)(C)C(C)(C)C)c(=O)n1C(=O)c1ccccc1. The van der Waals surface area contributed by atoms with E-state index in [1.807, 2.05) is 0 Å². The van der Waals surface area contributed by atoms with E-state index >= 15 is 0 Å². The number of aromatic nitrogens is 4. The fourth-order valence-electron chi connectivity index (χ4n) is 4.78. The molecule has 1 aromatic carbocycles. The van der Waals surface area contributed by atoms with E-state index < -0.39 is 69.6 Å². The van der Waals surface area contributed by atoms with E-state index in [2.05, 4.69) is 83.0 Å². The highest BCUT2D eigenvalue weighted by molar-refractivity contribution is 7.79. The predicted octanol–water partition coefficient (Wildman–Crippen LogP) is 5.23. The minimum absolute atomic E-state index is 0.0667. The molecule has 1 aliphatic rings. The van der Waals surface area contributed by atoms with Crippen molar-refractivity contribution < 1.29 is 31.6 Å². The molecular formula is C32H49N5O8SSi2. The van der Waals surface area contributed by atoms with Crippen LogP contribution in [0.2, 0.25) is 36.3 Å². The highest BCUT2D eigenvalue weighted by Crippen LogP contribution is 2.44. The first-order chi connectivity index (χ1) is 22.1. The first-order valence-electron chi connectivity index (χ1n) is 15.9. The Morgan fingerprint density at radius 3 is 2.15 bits per heavy atom. The first-order valence-corrected chi connectivity index (χ1v) is 23.2. The van der Waals surface area contributed by atoms with Crippen molar-refractivity contribution in [2.24, 2.45) is 0 Å². The lowest BCUT2D eigenvalue weighted by atomic mass is 10.1. The number of hydrogen-bond donors (Lipinski definition) is 1. The number of ether oxygens (including phenoxy) is 1. The number of anilines is 1. The number of nitrogens with one attached hydrogen (secondary N) is 1. The summed E-state index contributed by atoms with van der Waals surface area (Å²) in [4.78, 5) is 48.7. The number of hydrogen-bond acceptors (Lipinski definition) is 10. The van der Waals surface area contributed by atoms with Crippen molar-refractivity contribution in [2.75, 3.05) is 18.2 Å². The Morgan fingerprint density at radius 2 is 1.60 bits per heavy atom. The molecule has 264 valence electrons. The molecule has 48 heavy (non-hydrogen) atoms. The average Bonchev–Trinajstić information content (AvgIpc) is 3.51. The molecule has 3 aromatic rings. The van der Waals surface area contributed by atoms with Gasteiger partial charge in [0.1, 0.15) is 18.3 Å². The molecule has 13 nitrogen and oxygen atoms in total. The molecule has 2 aromatic heterocycles. The van der Waals surface area contributed by atoms with Gasteiger partial charge in [-0.1, -0.05) is 59.7 Å². The van der Waals surface area contributed by atoms with Gasteiger partial charge >= 0.3 is 0 Å². The zero-order valence-electron chi connectivity index (χ0n) is 29.9. The van der Waals surface area contributed by atoms with Crippen molar-refractivity contribution in [1.29, 1.82) is 0 Å². The van der Waals surface area contributed by atoms with Gasteiger partial charge in [-0.15, -0.1) is 0 Å². The molecule has 1 aliphatic heterocycles. The summed E-state index contributed by atoms with van der Waals surface area (Å²) in [6.07, 6.45) is -0.412. The standard InChI is InChI=1S/C32H49N5O8SSi2/c1-20(38)34-30-35-26-23(28(40)37(30)27(39)21-16-14-13-15-17-21)33-19-36(26)29-25(45-48(11,12)32(5,6)7)24(44-46(8)41)22(43-29)18-42-47(9,10)31(2,3)4/h13-17,19,22,24-25,29H,18H2,1-12H3,(H,34,35,38)/t22-,24-,25-,29-,46?/m1/s1. The third kappa shape index (κ3) is 7.79. The third-order valence-corrected chi connectivity index (χ3v) is 19.0. The monoisotopic (exact) mass is 719 g/mol. The third-order valence-electron chi connectivity index (χ3n) is 9.57. The lowest BCUT2D eigenvalue weighted by Gasteiger charge is -2.40. The van der Waals surface area contributed by atoms with Crippen LogP contribution in [0.3, 0.4) is 0 Å². The fourth-order valence-corrected chi connectivity index (χ4v) is 7.63. The number of amides is 1. The van der Waals surface area contributed by atoms with Gasteiger partial charge in [0.25, 0.3) is 11.5 Å². The molecule has 3 heterocycles. The number of imidazole rings is 1. The van der Waals surface area contributed by atoms with Crippen LogP contribution in [0.4, 0.5) is 5.95 Å². The maximum absolute atomic E-state index is 13.9. The van der Waals surface area contributed by atoms with Gasteiger partial charge in [0.05, 0.1) is 12.9 Å². The van der Waals surface area contributed by atoms with Gasteiger partial charge in [-0.05, 0) is 48.4 Å². The minimum Gasteiger partial charge on any atom is -0.414 e. The normalized spacial score (nSPS) is 21.4. The van der Waals surface area contributed by atoms with E-state index in [9.17, 15) is 18.6 Å².